The van der Waals surface area contributed by atoms with Crippen molar-refractivity contribution in [1.29, 1.82) is 0 Å². The number of anilines is 1. The number of halogens is 1. The molecule has 0 aliphatic heterocycles. The van der Waals surface area contributed by atoms with Crippen molar-refractivity contribution in [3.8, 4) is 0 Å². The van der Waals surface area contributed by atoms with Gasteiger partial charge in [0.1, 0.15) is 11.4 Å². The lowest BCUT2D eigenvalue weighted by atomic mass is 10.0. The summed E-state index contributed by atoms with van der Waals surface area (Å²) in [6, 6.07) is 1.18. The number of aldehydes is 1. The maximum atomic E-state index is 13.6. The van der Waals surface area contributed by atoms with Crippen LogP contribution in [0.15, 0.2) is 6.07 Å². The molecule has 0 saturated heterocycles. The Labute approximate surface area is 112 Å². The van der Waals surface area contributed by atoms with E-state index in [2.05, 4.69) is 5.32 Å². The van der Waals surface area contributed by atoms with Gasteiger partial charge in [-0.25, -0.2) is 9.18 Å². The molecule has 1 amide bonds. The van der Waals surface area contributed by atoms with Gasteiger partial charge in [-0.2, -0.15) is 0 Å². The summed E-state index contributed by atoms with van der Waals surface area (Å²) in [6.45, 7) is 8.34. The summed E-state index contributed by atoms with van der Waals surface area (Å²) in [5.74, 6) is -0.543. The molecular formula is C14H18FNO3. The van der Waals surface area contributed by atoms with E-state index in [0.29, 0.717) is 11.8 Å². The molecule has 19 heavy (non-hydrogen) atoms. The van der Waals surface area contributed by atoms with Crippen LogP contribution in [0.25, 0.3) is 0 Å². The Bertz CT molecular complexity index is 518. The zero-order chi connectivity index (χ0) is 14.8. The highest BCUT2D eigenvalue weighted by molar-refractivity contribution is 5.90. The highest BCUT2D eigenvalue weighted by Crippen LogP contribution is 2.24. The Morgan fingerprint density at radius 3 is 2.37 bits per heavy atom. The summed E-state index contributed by atoms with van der Waals surface area (Å²) < 4.78 is 18.7. The zero-order valence-corrected chi connectivity index (χ0v) is 11.8. The number of carbonyl (C=O) groups is 2. The van der Waals surface area contributed by atoms with Gasteiger partial charge >= 0.3 is 6.09 Å². The normalized spacial score (nSPS) is 11.1. The summed E-state index contributed by atoms with van der Waals surface area (Å²) in [4.78, 5) is 22.6. The minimum Gasteiger partial charge on any atom is -0.444 e. The molecule has 5 heteroatoms. The molecule has 104 valence electrons. The fraction of sp³-hybridized carbons (Fsp3) is 0.429. The van der Waals surface area contributed by atoms with Crippen LogP contribution in [0, 0.1) is 19.7 Å². The summed E-state index contributed by atoms with van der Waals surface area (Å²) >= 11 is 0. The van der Waals surface area contributed by atoms with Crippen LogP contribution in [0.4, 0.5) is 14.9 Å². The van der Waals surface area contributed by atoms with Crippen molar-refractivity contribution in [2.75, 3.05) is 5.32 Å². The molecule has 0 aliphatic carbocycles. The van der Waals surface area contributed by atoms with Gasteiger partial charge in [0.05, 0.1) is 5.69 Å². The van der Waals surface area contributed by atoms with E-state index in [0.717, 1.165) is 0 Å². The molecule has 4 nitrogen and oxygen atoms in total. The number of benzene rings is 1. The number of amides is 1. The number of nitrogens with one attached hydrogen (secondary N) is 1. The first-order valence-corrected chi connectivity index (χ1v) is 5.90. The maximum Gasteiger partial charge on any atom is 0.412 e. The third-order valence-electron chi connectivity index (χ3n) is 2.59. The summed E-state index contributed by atoms with van der Waals surface area (Å²) in [5.41, 5.74) is 0.613. The lowest BCUT2D eigenvalue weighted by Crippen LogP contribution is -2.27. The molecule has 0 unspecified atom stereocenters. The van der Waals surface area contributed by atoms with Crippen LogP contribution >= 0.6 is 0 Å². The van der Waals surface area contributed by atoms with E-state index >= 15 is 0 Å². The van der Waals surface area contributed by atoms with Crippen LogP contribution in [-0.2, 0) is 4.74 Å². The van der Waals surface area contributed by atoms with Gasteiger partial charge < -0.3 is 4.74 Å². The third kappa shape index (κ3) is 3.77. The second-order valence-corrected chi connectivity index (χ2v) is 5.31. The van der Waals surface area contributed by atoms with Crippen molar-refractivity contribution in [2.45, 2.75) is 40.2 Å². The van der Waals surface area contributed by atoms with Gasteiger partial charge in [-0.05, 0) is 51.8 Å². The van der Waals surface area contributed by atoms with Crippen molar-refractivity contribution < 1.29 is 18.7 Å². The highest BCUT2D eigenvalue weighted by Gasteiger charge is 2.18. The standard InChI is InChI=1S/C14H18FNO3/c1-8-10(7-17)9(2)12(6-11(8)15)16-13(18)19-14(3,4)5/h6-7H,1-5H3,(H,16,18). The Balaban J connectivity index is 3.06. The second-order valence-electron chi connectivity index (χ2n) is 5.31. The number of rotatable bonds is 2. The van der Waals surface area contributed by atoms with Gasteiger partial charge in [-0.1, -0.05) is 0 Å². The Morgan fingerprint density at radius 1 is 1.32 bits per heavy atom. The molecule has 0 fully saturated rings. The fourth-order valence-corrected chi connectivity index (χ4v) is 1.62. The molecule has 1 N–H and O–H groups in total. The van der Waals surface area contributed by atoms with Crippen LogP contribution in [0.5, 0.6) is 0 Å². The van der Waals surface area contributed by atoms with Crippen molar-refractivity contribution in [3.63, 3.8) is 0 Å². The lowest BCUT2D eigenvalue weighted by molar-refractivity contribution is 0.0635. The van der Waals surface area contributed by atoms with Crippen LogP contribution in [0.1, 0.15) is 42.3 Å². The van der Waals surface area contributed by atoms with E-state index < -0.39 is 17.5 Å². The highest BCUT2D eigenvalue weighted by atomic mass is 19.1. The van der Waals surface area contributed by atoms with E-state index in [1.165, 1.54) is 13.0 Å². The van der Waals surface area contributed by atoms with Crippen LogP contribution in [0.2, 0.25) is 0 Å². The van der Waals surface area contributed by atoms with Gasteiger partial charge in [0.2, 0.25) is 0 Å². The quantitative estimate of drug-likeness (QED) is 0.833. The van der Waals surface area contributed by atoms with Gasteiger partial charge in [-0.3, -0.25) is 10.1 Å². The molecule has 0 aromatic heterocycles. The molecule has 1 aromatic carbocycles. The third-order valence-corrected chi connectivity index (χ3v) is 2.59. The van der Waals surface area contributed by atoms with Gasteiger partial charge in [0, 0.05) is 5.56 Å². The average molecular weight is 267 g/mol. The molecule has 1 rings (SSSR count). The average Bonchev–Trinajstić information content (AvgIpc) is 2.24. The molecule has 0 aliphatic rings. The molecule has 0 spiro atoms. The Hall–Kier alpha value is -1.91. The second kappa shape index (κ2) is 5.38. The van der Waals surface area contributed by atoms with Crippen molar-refractivity contribution in [1.82, 2.24) is 0 Å². The molecule has 0 heterocycles. The Morgan fingerprint density at radius 2 is 1.89 bits per heavy atom. The number of hydrogen-bond donors (Lipinski definition) is 1. The predicted molar refractivity (Wildman–Crippen MR) is 71.1 cm³/mol. The zero-order valence-electron chi connectivity index (χ0n) is 11.8. The number of hydrogen-bond acceptors (Lipinski definition) is 3. The van der Waals surface area contributed by atoms with E-state index in [1.54, 1.807) is 27.7 Å². The monoisotopic (exact) mass is 267 g/mol. The SMILES string of the molecule is Cc1c(F)cc(NC(=O)OC(C)(C)C)c(C)c1C=O. The number of carbonyl (C=O) groups excluding carboxylic acids is 2. The van der Waals surface area contributed by atoms with Crippen LogP contribution in [-0.4, -0.2) is 18.0 Å². The van der Waals surface area contributed by atoms with E-state index in [1.807, 2.05) is 0 Å². The fourth-order valence-electron chi connectivity index (χ4n) is 1.62. The Kier molecular flexibility index (Phi) is 4.29. The number of ether oxygens (including phenoxy) is 1. The molecule has 1 aromatic rings. The molecule has 0 bridgehead atoms. The summed E-state index contributed by atoms with van der Waals surface area (Å²) in [6.07, 6.45) is -0.107. The van der Waals surface area contributed by atoms with Gasteiger partial charge in [0.15, 0.2) is 6.29 Å². The minimum atomic E-state index is -0.685. The summed E-state index contributed by atoms with van der Waals surface area (Å²) in [7, 11) is 0. The molecule has 0 atom stereocenters. The maximum absolute atomic E-state index is 13.6. The van der Waals surface area contributed by atoms with E-state index in [9.17, 15) is 14.0 Å². The van der Waals surface area contributed by atoms with Crippen molar-refractivity contribution >= 4 is 18.1 Å². The first-order chi connectivity index (χ1) is 8.65. The smallest absolute Gasteiger partial charge is 0.412 e. The molecule has 0 radical (unpaired) electrons. The van der Waals surface area contributed by atoms with Crippen LogP contribution < -0.4 is 5.32 Å². The van der Waals surface area contributed by atoms with Gasteiger partial charge in [-0.15, -0.1) is 0 Å². The van der Waals surface area contributed by atoms with E-state index in [4.69, 9.17) is 4.74 Å². The molecular weight excluding hydrogens is 249 g/mol. The largest absolute Gasteiger partial charge is 0.444 e. The first-order valence-electron chi connectivity index (χ1n) is 5.90. The lowest BCUT2D eigenvalue weighted by Gasteiger charge is -2.20. The van der Waals surface area contributed by atoms with Gasteiger partial charge in [0.25, 0.3) is 0 Å². The predicted octanol–water partition coefficient (Wildman–Crippen LogP) is 3.60. The first kappa shape index (κ1) is 15.1. The summed E-state index contributed by atoms with van der Waals surface area (Å²) in [5, 5.41) is 2.45. The van der Waals surface area contributed by atoms with Crippen molar-refractivity contribution in [3.05, 3.63) is 28.6 Å². The van der Waals surface area contributed by atoms with E-state index in [-0.39, 0.29) is 16.8 Å². The van der Waals surface area contributed by atoms with Crippen LogP contribution in [0.3, 0.4) is 0 Å². The molecule has 0 saturated carbocycles. The topological polar surface area (TPSA) is 55.4 Å². The van der Waals surface area contributed by atoms with Crippen molar-refractivity contribution in [2.24, 2.45) is 0 Å². The minimum absolute atomic E-state index is 0.236.